The second kappa shape index (κ2) is 9.48. The molecule has 0 bridgehead atoms. The van der Waals surface area contributed by atoms with Crippen LogP contribution in [0.15, 0.2) is 48.5 Å². The Labute approximate surface area is 170 Å². The summed E-state index contributed by atoms with van der Waals surface area (Å²) in [5.74, 6) is -0.973. The summed E-state index contributed by atoms with van der Waals surface area (Å²) in [6.45, 7) is 1.35. The van der Waals surface area contributed by atoms with Crippen LogP contribution in [0.25, 0.3) is 0 Å². The Morgan fingerprint density at radius 3 is 1.89 bits per heavy atom. The number of anilines is 2. The minimum absolute atomic E-state index is 0.0161. The van der Waals surface area contributed by atoms with E-state index in [4.69, 9.17) is 24.4 Å². The van der Waals surface area contributed by atoms with Crippen LogP contribution in [0.4, 0.5) is 17.1 Å². The number of nitro groups is 1. The van der Waals surface area contributed by atoms with Crippen LogP contribution >= 0.6 is 24.4 Å². The first-order valence-corrected chi connectivity index (χ1v) is 8.62. The van der Waals surface area contributed by atoms with E-state index in [0.717, 1.165) is 0 Å². The second-order valence-electron chi connectivity index (χ2n) is 5.40. The van der Waals surface area contributed by atoms with Gasteiger partial charge in [-0.2, -0.15) is 0 Å². The van der Waals surface area contributed by atoms with Crippen LogP contribution in [0.5, 0.6) is 0 Å². The summed E-state index contributed by atoms with van der Waals surface area (Å²) in [4.78, 5) is 33.5. The molecule has 144 valence electrons. The molecule has 0 saturated carbocycles. The Bertz CT molecular complexity index is 947. The zero-order chi connectivity index (χ0) is 20.7. The van der Waals surface area contributed by atoms with E-state index >= 15 is 0 Å². The summed E-state index contributed by atoms with van der Waals surface area (Å²) in [5.41, 5.74) is 0.805. The van der Waals surface area contributed by atoms with Gasteiger partial charge in [-0.25, -0.2) is 0 Å². The van der Waals surface area contributed by atoms with Gasteiger partial charge in [0, 0.05) is 24.4 Å². The number of benzene rings is 2. The largest absolute Gasteiger partial charge is 0.332 e. The second-order valence-corrected chi connectivity index (χ2v) is 6.21. The van der Waals surface area contributed by atoms with Gasteiger partial charge in [-0.3, -0.25) is 25.0 Å². The van der Waals surface area contributed by atoms with Crippen LogP contribution in [0.2, 0.25) is 0 Å². The SMILES string of the molecule is CC(=O)NC(=S)Nc1ccc(NC(=S)NC(=O)c2ccccc2[N+](=O)[O-])cc1. The topological polar surface area (TPSA) is 125 Å². The quantitative estimate of drug-likeness (QED) is 0.340. The van der Waals surface area contributed by atoms with Crippen LogP contribution < -0.4 is 21.3 Å². The average molecular weight is 417 g/mol. The number of rotatable bonds is 4. The highest BCUT2D eigenvalue weighted by atomic mass is 32.1. The third-order valence-corrected chi connectivity index (χ3v) is 3.67. The molecule has 11 heteroatoms. The molecule has 28 heavy (non-hydrogen) atoms. The number of nitrogens with one attached hydrogen (secondary N) is 4. The molecule has 0 saturated heterocycles. The standard InChI is InChI=1S/C17H15N5O4S2/c1-10(23)18-16(27)19-11-6-8-12(9-7-11)20-17(28)21-15(24)13-4-2-3-5-14(13)22(25)26/h2-9H,1H3,(H2,18,19,23,27)(H2,20,21,24,28). The molecule has 2 amide bonds. The molecular weight excluding hydrogens is 402 g/mol. The summed E-state index contributed by atoms with van der Waals surface area (Å²) >= 11 is 10.0. The Morgan fingerprint density at radius 2 is 1.39 bits per heavy atom. The molecule has 0 aliphatic rings. The first-order valence-electron chi connectivity index (χ1n) is 7.80. The maximum Gasteiger partial charge on any atom is 0.282 e. The summed E-state index contributed by atoms with van der Waals surface area (Å²) < 4.78 is 0. The van der Waals surface area contributed by atoms with Crippen molar-refractivity contribution in [1.82, 2.24) is 10.6 Å². The molecule has 0 aromatic heterocycles. The van der Waals surface area contributed by atoms with Gasteiger partial charge in [-0.1, -0.05) is 12.1 Å². The number of carbonyl (C=O) groups is 2. The highest BCUT2D eigenvalue weighted by molar-refractivity contribution is 7.80. The smallest absolute Gasteiger partial charge is 0.282 e. The summed E-state index contributed by atoms with van der Waals surface area (Å²) in [5, 5.41) is 21.6. The predicted octanol–water partition coefficient (Wildman–Crippen LogP) is 2.55. The lowest BCUT2D eigenvalue weighted by Gasteiger charge is -2.11. The Hall–Kier alpha value is -3.44. The van der Waals surface area contributed by atoms with Gasteiger partial charge < -0.3 is 16.0 Å². The van der Waals surface area contributed by atoms with Crippen molar-refractivity contribution < 1.29 is 14.5 Å². The monoisotopic (exact) mass is 417 g/mol. The van der Waals surface area contributed by atoms with Gasteiger partial charge in [0.15, 0.2) is 10.2 Å². The lowest BCUT2D eigenvalue weighted by molar-refractivity contribution is -0.385. The van der Waals surface area contributed by atoms with E-state index in [2.05, 4.69) is 21.3 Å². The molecule has 0 spiro atoms. The normalized spacial score (nSPS) is 9.75. The molecule has 2 rings (SSSR count). The number of thiocarbonyl (C=S) groups is 2. The van der Waals surface area contributed by atoms with Crippen molar-refractivity contribution >= 4 is 63.5 Å². The Balaban J connectivity index is 1.96. The van der Waals surface area contributed by atoms with Gasteiger partial charge >= 0.3 is 0 Å². The predicted molar refractivity (Wildman–Crippen MR) is 113 cm³/mol. The molecule has 0 aliphatic heterocycles. The zero-order valence-electron chi connectivity index (χ0n) is 14.5. The Morgan fingerprint density at radius 1 is 0.893 bits per heavy atom. The lowest BCUT2D eigenvalue weighted by atomic mass is 10.1. The van der Waals surface area contributed by atoms with Crippen molar-refractivity contribution in [3.05, 3.63) is 64.2 Å². The zero-order valence-corrected chi connectivity index (χ0v) is 16.1. The average Bonchev–Trinajstić information content (AvgIpc) is 2.62. The first-order chi connectivity index (χ1) is 13.3. The Kier molecular flexibility index (Phi) is 7.07. The highest BCUT2D eigenvalue weighted by Crippen LogP contribution is 2.17. The molecule has 0 atom stereocenters. The van der Waals surface area contributed by atoms with Crippen molar-refractivity contribution in [2.45, 2.75) is 6.92 Å². The van der Waals surface area contributed by atoms with Gasteiger partial charge in [0.25, 0.3) is 11.6 Å². The molecule has 0 heterocycles. The fourth-order valence-corrected chi connectivity index (χ4v) is 2.59. The molecule has 9 nitrogen and oxygen atoms in total. The van der Waals surface area contributed by atoms with Gasteiger partial charge in [0.2, 0.25) is 5.91 Å². The van der Waals surface area contributed by atoms with E-state index in [1.165, 1.54) is 31.2 Å². The third-order valence-electron chi connectivity index (χ3n) is 3.26. The van der Waals surface area contributed by atoms with E-state index in [9.17, 15) is 19.7 Å². The number of amides is 2. The van der Waals surface area contributed by atoms with Gasteiger partial charge in [-0.15, -0.1) is 0 Å². The van der Waals surface area contributed by atoms with E-state index < -0.39 is 10.8 Å². The number of nitrogens with zero attached hydrogens (tertiary/aromatic N) is 1. The van der Waals surface area contributed by atoms with E-state index in [1.54, 1.807) is 24.3 Å². The first kappa shape index (κ1) is 20.9. The van der Waals surface area contributed by atoms with E-state index in [1.807, 2.05) is 0 Å². The van der Waals surface area contributed by atoms with Gasteiger partial charge in [-0.05, 0) is 54.8 Å². The molecular formula is C17H15N5O4S2. The minimum Gasteiger partial charge on any atom is -0.332 e. The van der Waals surface area contributed by atoms with Crippen molar-refractivity contribution in [3.8, 4) is 0 Å². The number of hydrogen-bond acceptors (Lipinski definition) is 6. The fraction of sp³-hybridized carbons (Fsp3) is 0.0588. The number of hydrogen-bond donors (Lipinski definition) is 4. The summed E-state index contributed by atoms with van der Waals surface area (Å²) in [6, 6.07) is 12.3. The molecule has 0 aliphatic carbocycles. The maximum atomic E-state index is 12.2. The lowest BCUT2D eigenvalue weighted by Crippen LogP contribution is -2.34. The van der Waals surface area contributed by atoms with Crippen LogP contribution in [0, 0.1) is 10.1 Å². The minimum atomic E-state index is -0.691. The van der Waals surface area contributed by atoms with E-state index in [0.29, 0.717) is 11.4 Å². The number of para-hydroxylation sites is 1. The number of nitro benzene ring substituents is 1. The molecule has 2 aromatic rings. The van der Waals surface area contributed by atoms with Crippen molar-refractivity contribution in [1.29, 1.82) is 0 Å². The molecule has 0 fully saturated rings. The van der Waals surface area contributed by atoms with Crippen LogP contribution in [0.3, 0.4) is 0 Å². The fourth-order valence-electron chi connectivity index (χ4n) is 2.12. The third kappa shape index (κ3) is 6.07. The summed E-state index contributed by atoms with van der Waals surface area (Å²) in [7, 11) is 0. The molecule has 2 aromatic carbocycles. The number of carbonyl (C=O) groups excluding carboxylic acids is 2. The van der Waals surface area contributed by atoms with Crippen LogP contribution in [-0.2, 0) is 4.79 Å². The van der Waals surface area contributed by atoms with Gasteiger partial charge in [0.05, 0.1) is 4.92 Å². The highest BCUT2D eigenvalue weighted by Gasteiger charge is 2.19. The molecule has 4 N–H and O–H groups in total. The molecule has 0 unspecified atom stereocenters. The van der Waals surface area contributed by atoms with E-state index in [-0.39, 0.29) is 27.4 Å². The van der Waals surface area contributed by atoms with Gasteiger partial charge in [0.1, 0.15) is 5.56 Å². The molecule has 0 radical (unpaired) electrons. The maximum absolute atomic E-state index is 12.2. The van der Waals surface area contributed by atoms with Crippen LogP contribution in [-0.4, -0.2) is 27.0 Å². The summed E-state index contributed by atoms with van der Waals surface area (Å²) in [6.07, 6.45) is 0. The van der Waals surface area contributed by atoms with Crippen molar-refractivity contribution in [2.75, 3.05) is 10.6 Å². The van der Waals surface area contributed by atoms with Crippen molar-refractivity contribution in [3.63, 3.8) is 0 Å². The van der Waals surface area contributed by atoms with Crippen molar-refractivity contribution in [2.24, 2.45) is 0 Å². The van der Waals surface area contributed by atoms with Crippen LogP contribution in [0.1, 0.15) is 17.3 Å².